The van der Waals surface area contributed by atoms with E-state index in [-0.39, 0.29) is 12.4 Å². The van der Waals surface area contributed by atoms with Crippen LogP contribution in [0.3, 0.4) is 0 Å². The molecule has 1 aromatic rings. The minimum Gasteiger partial charge on any atom is -0.480 e. The van der Waals surface area contributed by atoms with Crippen LogP contribution in [-0.2, 0) is 11.3 Å². The van der Waals surface area contributed by atoms with Gasteiger partial charge in [-0.15, -0.1) is 0 Å². The number of hydrogen-bond donors (Lipinski definition) is 1. The van der Waals surface area contributed by atoms with Gasteiger partial charge >= 0.3 is 11.9 Å². The molecular formula is C12H16N2O5. The lowest BCUT2D eigenvalue weighted by Crippen LogP contribution is -2.54. The average Bonchev–Trinajstić information content (AvgIpc) is 2.81. The van der Waals surface area contributed by atoms with Crippen LogP contribution < -0.4 is 0 Å². The van der Waals surface area contributed by atoms with E-state index in [4.69, 9.17) is 4.42 Å². The SMILES string of the molecule is CC1(C(=O)O)CCCCN1Cc1ccc([N+](=O)[O-])o1. The molecule has 1 atom stereocenters. The fourth-order valence-corrected chi connectivity index (χ4v) is 2.41. The highest BCUT2D eigenvalue weighted by molar-refractivity contribution is 5.78. The zero-order valence-corrected chi connectivity index (χ0v) is 10.7. The Morgan fingerprint density at radius 2 is 2.32 bits per heavy atom. The first-order chi connectivity index (χ1) is 8.93. The van der Waals surface area contributed by atoms with Crippen molar-refractivity contribution in [1.82, 2.24) is 4.90 Å². The van der Waals surface area contributed by atoms with Gasteiger partial charge in [0, 0.05) is 0 Å². The van der Waals surface area contributed by atoms with Crippen LogP contribution in [0.25, 0.3) is 0 Å². The molecule has 104 valence electrons. The number of likely N-dealkylation sites (tertiary alicyclic amines) is 1. The fourth-order valence-electron chi connectivity index (χ4n) is 2.41. The lowest BCUT2D eigenvalue weighted by atomic mass is 9.88. The monoisotopic (exact) mass is 268 g/mol. The number of nitro groups is 1. The molecule has 1 saturated heterocycles. The number of carbonyl (C=O) groups is 1. The Labute approximate surface area is 110 Å². The summed E-state index contributed by atoms with van der Waals surface area (Å²) >= 11 is 0. The number of rotatable bonds is 4. The van der Waals surface area contributed by atoms with Gasteiger partial charge in [0.05, 0.1) is 12.6 Å². The third-order valence-electron chi connectivity index (χ3n) is 3.67. The molecule has 2 heterocycles. The average molecular weight is 268 g/mol. The van der Waals surface area contributed by atoms with Crippen LogP contribution in [0.15, 0.2) is 16.5 Å². The topological polar surface area (TPSA) is 96.8 Å². The van der Waals surface area contributed by atoms with Gasteiger partial charge in [0.1, 0.15) is 16.2 Å². The molecule has 7 heteroatoms. The van der Waals surface area contributed by atoms with Crippen molar-refractivity contribution < 1.29 is 19.2 Å². The van der Waals surface area contributed by atoms with E-state index in [2.05, 4.69) is 0 Å². The molecule has 0 aromatic carbocycles. The molecule has 7 nitrogen and oxygen atoms in total. The molecule has 19 heavy (non-hydrogen) atoms. The van der Waals surface area contributed by atoms with Gasteiger partial charge in [-0.2, -0.15) is 0 Å². The van der Waals surface area contributed by atoms with E-state index in [1.165, 1.54) is 12.1 Å². The molecule has 2 rings (SSSR count). The highest BCUT2D eigenvalue weighted by Gasteiger charge is 2.41. The van der Waals surface area contributed by atoms with Gasteiger partial charge in [-0.05, 0) is 38.8 Å². The number of furan rings is 1. The molecule has 1 aliphatic heterocycles. The molecule has 0 spiro atoms. The normalized spacial score (nSPS) is 24.3. The maximum absolute atomic E-state index is 11.4. The summed E-state index contributed by atoms with van der Waals surface area (Å²) in [6.45, 7) is 2.61. The molecular weight excluding hydrogens is 252 g/mol. The van der Waals surface area contributed by atoms with Crippen molar-refractivity contribution in [2.75, 3.05) is 6.54 Å². The maximum atomic E-state index is 11.4. The number of aliphatic carboxylic acids is 1. The van der Waals surface area contributed by atoms with E-state index in [0.29, 0.717) is 18.7 Å². The first-order valence-corrected chi connectivity index (χ1v) is 6.15. The van der Waals surface area contributed by atoms with Gasteiger partial charge < -0.3 is 9.52 Å². The highest BCUT2D eigenvalue weighted by Crippen LogP contribution is 2.30. The van der Waals surface area contributed by atoms with Crippen LogP contribution >= 0.6 is 0 Å². The van der Waals surface area contributed by atoms with Crippen molar-refractivity contribution in [2.24, 2.45) is 0 Å². The molecule has 0 amide bonds. The zero-order chi connectivity index (χ0) is 14.0. The summed E-state index contributed by atoms with van der Waals surface area (Å²) in [5, 5.41) is 19.9. The summed E-state index contributed by atoms with van der Waals surface area (Å²) in [5.41, 5.74) is -0.931. The van der Waals surface area contributed by atoms with Crippen LogP contribution in [0.5, 0.6) is 0 Å². The first kappa shape index (κ1) is 13.5. The van der Waals surface area contributed by atoms with Crippen molar-refractivity contribution in [2.45, 2.75) is 38.3 Å². The van der Waals surface area contributed by atoms with E-state index in [1.807, 2.05) is 0 Å². The molecule has 1 unspecified atom stereocenters. The standard InChI is InChI=1S/C12H16N2O5/c1-12(11(15)16)6-2-3-7-13(12)8-9-4-5-10(19-9)14(17)18/h4-5H,2-3,6-8H2,1H3,(H,15,16). The van der Waals surface area contributed by atoms with Gasteiger partial charge in [0.2, 0.25) is 0 Å². The minimum absolute atomic E-state index is 0.274. The van der Waals surface area contributed by atoms with E-state index in [9.17, 15) is 20.0 Å². The van der Waals surface area contributed by atoms with E-state index in [0.717, 1.165) is 12.8 Å². The van der Waals surface area contributed by atoms with Crippen LogP contribution in [0.2, 0.25) is 0 Å². The molecule has 0 aliphatic carbocycles. The van der Waals surface area contributed by atoms with E-state index in [1.54, 1.807) is 11.8 Å². The smallest absolute Gasteiger partial charge is 0.433 e. The minimum atomic E-state index is -0.931. The highest BCUT2D eigenvalue weighted by atomic mass is 16.6. The third kappa shape index (κ3) is 2.60. The lowest BCUT2D eigenvalue weighted by Gasteiger charge is -2.41. The summed E-state index contributed by atoms with van der Waals surface area (Å²) in [5.74, 6) is -0.765. The Morgan fingerprint density at radius 3 is 2.89 bits per heavy atom. The van der Waals surface area contributed by atoms with Crippen LogP contribution in [0, 0.1) is 10.1 Å². The molecule has 0 radical (unpaired) electrons. The second kappa shape index (κ2) is 5.00. The third-order valence-corrected chi connectivity index (χ3v) is 3.67. The number of piperidine rings is 1. The van der Waals surface area contributed by atoms with Crippen molar-refractivity contribution >= 4 is 11.9 Å². The molecule has 1 aromatic heterocycles. The summed E-state index contributed by atoms with van der Waals surface area (Å²) in [6, 6.07) is 2.81. The number of carboxylic acids is 1. The Balaban J connectivity index is 2.15. The quantitative estimate of drug-likeness (QED) is 0.662. The van der Waals surface area contributed by atoms with E-state index >= 15 is 0 Å². The van der Waals surface area contributed by atoms with E-state index < -0.39 is 16.4 Å². The molecule has 1 N–H and O–H groups in total. The molecule has 0 saturated carbocycles. The Hall–Kier alpha value is -1.89. The summed E-state index contributed by atoms with van der Waals surface area (Å²) < 4.78 is 5.09. The van der Waals surface area contributed by atoms with Crippen LogP contribution in [-0.4, -0.2) is 33.0 Å². The van der Waals surface area contributed by atoms with Crippen LogP contribution in [0.4, 0.5) is 5.88 Å². The zero-order valence-electron chi connectivity index (χ0n) is 10.7. The van der Waals surface area contributed by atoms with Gasteiger partial charge in [-0.1, -0.05) is 0 Å². The van der Waals surface area contributed by atoms with Crippen molar-refractivity contribution in [1.29, 1.82) is 0 Å². The molecule has 0 bridgehead atoms. The predicted octanol–water partition coefficient (Wildman–Crippen LogP) is 2.02. The van der Waals surface area contributed by atoms with Crippen LogP contribution in [0.1, 0.15) is 31.9 Å². The fraction of sp³-hybridized carbons (Fsp3) is 0.583. The van der Waals surface area contributed by atoms with Gasteiger partial charge in [0.25, 0.3) is 0 Å². The van der Waals surface area contributed by atoms with Crippen molar-refractivity contribution in [3.05, 3.63) is 28.0 Å². The van der Waals surface area contributed by atoms with Crippen molar-refractivity contribution in [3.63, 3.8) is 0 Å². The Bertz CT molecular complexity index is 498. The second-order valence-corrected chi connectivity index (χ2v) is 4.95. The first-order valence-electron chi connectivity index (χ1n) is 6.15. The number of nitrogens with zero attached hydrogens (tertiary/aromatic N) is 2. The summed E-state index contributed by atoms with van der Waals surface area (Å²) in [7, 11) is 0. The molecule has 1 fully saturated rings. The Morgan fingerprint density at radius 1 is 1.58 bits per heavy atom. The van der Waals surface area contributed by atoms with Gasteiger partial charge in [0.15, 0.2) is 0 Å². The predicted molar refractivity (Wildman–Crippen MR) is 65.7 cm³/mol. The van der Waals surface area contributed by atoms with Gasteiger partial charge in [-0.3, -0.25) is 19.8 Å². The maximum Gasteiger partial charge on any atom is 0.433 e. The summed E-state index contributed by atoms with van der Waals surface area (Å²) in [6.07, 6.45) is 2.37. The lowest BCUT2D eigenvalue weighted by molar-refractivity contribution is -0.402. The van der Waals surface area contributed by atoms with Crippen molar-refractivity contribution in [3.8, 4) is 0 Å². The molecule has 1 aliphatic rings. The number of hydrogen-bond acceptors (Lipinski definition) is 5. The largest absolute Gasteiger partial charge is 0.480 e. The number of carboxylic acid groups (broad SMARTS) is 1. The Kier molecular flexibility index (Phi) is 3.57. The second-order valence-electron chi connectivity index (χ2n) is 4.95. The van der Waals surface area contributed by atoms with Gasteiger partial charge in [-0.25, -0.2) is 0 Å². The summed E-state index contributed by atoms with van der Waals surface area (Å²) in [4.78, 5) is 23.2.